The monoisotopic (exact) mass is 402 g/mol. The summed E-state index contributed by atoms with van der Waals surface area (Å²) in [6, 6.07) is 16.4. The highest BCUT2D eigenvalue weighted by Gasteiger charge is 2.29. The molecule has 1 aliphatic heterocycles. The molecule has 0 N–H and O–H groups in total. The predicted molar refractivity (Wildman–Crippen MR) is 108 cm³/mol. The largest absolute Gasteiger partial charge is 0.493 e. The lowest BCUT2D eigenvalue weighted by molar-refractivity contribution is -0.132. The average Bonchev–Trinajstić information content (AvgIpc) is 2.74. The van der Waals surface area contributed by atoms with Crippen molar-refractivity contribution in [3.8, 4) is 5.75 Å². The molecule has 1 heterocycles. The third kappa shape index (κ3) is 4.91. The maximum Gasteiger partial charge on any atom is 0.243 e. The van der Waals surface area contributed by atoms with Crippen molar-refractivity contribution in [3.63, 3.8) is 0 Å². The van der Waals surface area contributed by atoms with Gasteiger partial charge in [-0.05, 0) is 36.2 Å². The van der Waals surface area contributed by atoms with E-state index in [0.29, 0.717) is 37.7 Å². The van der Waals surface area contributed by atoms with E-state index in [-0.39, 0.29) is 12.3 Å². The smallest absolute Gasteiger partial charge is 0.243 e. The Hall–Kier alpha value is -2.38. The first-order chi connectivity index (χ1) is 13.5. The minimum absolute atomic E-state index is 0.0136. The molecule has 2 aromatic rings. The van der Waals surface area contributed by atoms with E-state index in [1.54, 1.807) is 17.0 Å². The van der Waals surface area contributed by atoms with Gasteiger partial charge >= 0.3 is 0 Å². The van der Waals surface area contributed by atoms with E-state index >= 15 is 0 Å². The van der Waals surface area contributed by atoms with Gasteiger partial charge in [-0.1, -0.05) is 37.3 Å². The number of carbonyl (C=O) groups excluding carboxylic acids is 1. The van der Waals surface area contributed by atoms with E-state index in [0.717, 1.165) is 17.7 Å². The third-order valence-electron chi connectivity index (χ3n) is 4.89. The normalized spacial score (nSPS) is 15.4. The first-order valence-electron chi connectivity index (χ1n) is 9.55. The molecule has 0 saturated carbocycles. The second kappa shape index (κ2) is 9.21. The van der Waals surface area contributed by atoms with Crippen LogP contribution in [0.25, 0.3) is 0 Å². The molecule has 1 aliphatic rings. The molecule has 3 rings (SSSR count). The summed E-state index contributed by atoms with van der Waals surface area (Å²) in [4.78, 5) is 14.4. The van der Waals surface area contributed by atoms with Crippen LogP contribution in [0.2, 0.25) is 0 Å². The maximum atomic E-state index is 12.8. The van der Waals surface area contributed by atoms with E-state index in [9.17, 15) is 13.2 Å². The topological polar surface area (TPSA) is 66.9 Å². The molecule has 0 aromatic heterocycles. The molecule has 0 spiro atoms. The molecule has 6 nitrogen and oxygen atoms in total. The lowest BCUT2D eigenvalue weighted by Gasteiger charge is -2.34. The summed E-state index contributed by atoms with van der Waals surface area (Å²) in [5, 5.41) is 0. The average molecular weight is 403 g/mol. The molecule has 1 fully saturated rings. The summed E-state index contributed by atoms with van der Waals surface area (Å²) in [5.74, 6) is 0.723. The zero-order valence-electron chi connectivity index (χ0n) is 16.1. The van der Waals surface area contributed by atoms with Crippen molar-refractivity contribution in [1.29, 1.82) is 0 Å². The Balaban J connectivity index is 1.49. The van der Waals surface area contributed by atoms with Gasteiger partial charge in [-0.25, -0.2) is 8.42 Å². The van der Waals surface area contributed by atoms with Gasteiger partial charge < -0.3 is 9.64 Å². The SMILES string of the molecule is CCc1ccc(S(=O)(=O)N2CCN(C(=O)CCOc3ccccc3)CC2)cc1. The number of carbonyl (C=O) groups is 1. The third-order valence-corrected chi connectivity index (χ3v) is 6.80. The number of ether oxygens (including phenoxy) is 1. The summed E-state index contributed by atoms with van der Waals surface area (Å²) in [5.41, 5.74) is 1.10. The highest BCUT2D eigenvalue weighted by Crippen LogP contribution is 2.19. The van der Waals surface area contributed by atoms with E-state index in [1.807, 2.05) is 49.4 Å². The van der Waals surface area contributed by atoms with Gasteiger partial charge in [-0.2, -0.15) is 4.31 Å². The molecule has 0 radical (unpaired) electrons. The highest BCUT2D eigenvalue weighted by molar-refractivity contribution is 7.89. The Kier molecular flexibility index (Phi) is 6.70. The van der Waals surface area contributed by atoms with Crippen LogP contribution in [0.15, 0.2) is 59.5 Å². The van der Waals surface area contributed by atoms with Gasteiger partial charge in [0.2, 0.25) is 15.9 Å². The van der Waals surface area contributed by atoms with Crippen LogP contribution < -0.4 is 4.74 Å². The van der Waals surface area contributed by atoms with Crippen LogP contribution in [0.3, 0.4) is 0 Å². The van der Waals surface area contributed by atoms with Crippen molar-refractivity contribution in [2.75, 3.05) is 32.8 Å². The van der Waals surface area contributed by atoms with E-state index in [2.05, 4.69) is 0 Å². The number of aryl methyl sites for hydroxylation is 1. The minimum Gasteiger partial charge on any atom is -0.493 e. The van der Waals surface area contributed by atoms with Crippen LogP contribution in [0.5, 0.6) is 5.75 Å². The summed E-state index contributed by atoms with van der Waals surface area (Å²) in [6.07, 6.45) is 1.15. The Morgan fingerprint density at radius 1 is 0.964 bits per heavy atom. The maximum absolute atomic E-state index is 12.8. The molecule has 0 bridgehead atoms. The predicted octanol–water partition coefficient (Wildman–Crippen LogP) is 2.55. The van der Waals surface area contributed by atoms with Crippen molar-refractivity contribution >= 4 is 15.9 Å². The van der Waals surface area contributed by atoms with Crippen LogP contribution in [-0.4, -0.2) is 56.3 Å². The number of amides is 1. The summed E-state index contributed by atoms with van der Waals surface area (Å²) >= 11 is 0. The van der Waals surface area contributed by atoms with Gasteiger partial charge in [-0.15, -0.1) is 0 Å². The zero-order chi connectivity index (χ0) is 20.0. The van der Waals surface area contributed by atoms with E-state index in [1.165, 1.54) is 4.31 Å². The van der Waals surface area contributed by atoms with Gasteiger partial charge in [-0.3, -0.25) is 4.79 Å². The summed E-state index contributed by atoms with van der Waals surface area (Å²) in [6.45, 7) is 3.76. The minimum atomic E-state index is -3.52. The first kappa shape index (κ1) is 20.4. The van der Waals surface area contributed by atoms with Gasteiger partial charge in [0.1, 0.15) is 5.75 Å². The molecule has 1 saturated heterocycles. The van der Waals surface area contributed by atoms with Crippen molar-refractivity contribution < 1.29 is 17.9 Å². The number of piperazine rings is 1. The van der Waals surface area contributed by atoms with Gasteiger partial charge in [0.15, 0.2) is 0 Å². The molecular weight excluding hydrogens is 376 g/mol. The number of hydrogen-bond acceptors (Lipinski definition) is 4. The number of hydrogen-bond donors (Lipinski definition) is 0. The molecule has 28 heavy (non-hydrogen) atoms. The number of nitrogens with zero attached hydrogens (tertiary/aromatic N) is 2. The van der Waals surface area contributed by atoms with Crippen LogP contribution in [-0.2, 0) is 21.2 Å². The van der Waals surface area contributed by atoms with Crippen molar-refractivity contribution in [1.82, 2.24) is 9.21 Å². The Morgan fingerprint density at radius 3 is 2.21 bits per heavy atom. The van der Waals surface area contributed by atoms with Gasteiger partial charge in [0.25, 0.3) is 0 Å². The lowest BCUT2D eigenvalue weighted by atomic mass is 10.2. The standard InChI is InChI=1S/C21H26N2O4S/c1-2-18-8-10-20(11-9-18)28(25,26)23-15-13-22(14-16-23)21(24)12-17-27-19-6-4-3-5-7-19/h3-11H,2,12-17H2,1H3. The molecule has 1 amide bonds. The molecule has 2 aromatic carbocycles. The van der Waals surface area contributed by atoms with Crippen LogP contribution in [0.4, 0.5) is 0 Å². The fourth-order valence-electron chi connectivity index (χ4n) is 3.16. The molecule has 150 valence electrons. The summed E-state index contributed by atoms with van der Waals surface area (Å²) in [7, 11) is -3.52. The number of rotatable bonds is 7. The fraction of sp³-hybridized carbons (Fsp3) is 0.381. The molecular formula is C21H26N2O4S. The Labute approximate surface area is 166 Å². The summed E-state index contributed by atoms with van der Waals surface area (Å²) < 4.78 is 32.6. The lowest BCUT2D eigenvalue weighted by Crippen LogP contribution is -2.50. The van der Waals surface area contributed by atoms with Crippen LogP contribution in [0, 0.1) is 0 Å². The second-order valence-electron chi connectivity index (χ2n) is 6.69. The molecule has 0 unspecified atom stereocenters. The first-order valence-corrected chi connectivity index (χ1v) is 11.0. The van der Waals surface area contributed by atoms with Crippen LogP contribution >= 0.6 is 0 Å². The fourth-order valence-corrected chi connectivity index (χ4v) is 4.58. The van der Waals surface area contributed by atoms with Crippen molar-refractivity contribution in [2.45, 2.75) is 24.7 Å². The zero-order valence-corrected chi connectivity index (χ0v) is 16.9. The van der Waals surface area contributed by atoms with Gasteiger partial charge in [0, 0.05) is 26.2 Å². The van der Waals surface area contributed by atoms with Crippen molar-refractivity contribution in [3.05, 3.63) is 60.2 Å². The quantitative estimate of drug-likeness (QED) is 0.714. The Morgan fingerprint density at radius 2 is 1.61 bits per heavy atom. The van der Waals surface area contributed by atoms with E-state index in [4.69, 9.17) is 4.74 Å². The number of sulfonamides is 1. The van der Waals surface area contributed by atoms with E-state index < -0.39 is 10.0 Å². The molecule has 0 aliphatic carbocycles. The van der Waals surface area contributed by atoms with Crippen LogP contribution in [0.1, 0.15) is 18.9 Å². The second-order valence-corrected chi connectivity index (χ2v) is 8.63. The molecule has 7 heteroatoms. The number of benzene rings is 2. The Bertz CT molecular complexity index is 874. The van der Waals surface area contributed by atoms with Crippen molar-refractivity contribution in [2.24, 2.45) is 0 Å². The highest BCUT2D eigenvalue weighted by atomic mass is 32.2. The molecule has 0 atom stereocenters. The number of para-hydroxylation sites is 1. The van der Waals surface area contributed by atoms with Gasteiger partial charge in [0.05, 0.1) is 17.9 Å².